The maximum atomic E-state index is 13.6. The van der Waals surface area contributed by atoms with E-state index in [0.717, 1.165) is 23.6 Å². The minimum Gasteiger partial charge on any atom is -0.394 e. The number of nitrogens with zero attached hydrogens (tertiary/aromatic N) is 2. The van der Waals surface area contributed by atoms with Gasteiger partial charge in [-0.05, 0) is 136 Å². The third-order valence-electron chi connectivity index (χ3n) is 8.82. The van der Waals surface area contributed by atoms with E-state index in [1.165, 1.54) is 0 Å². The fourth-order valence-corrected chi connectivity index (χ4v) is 14.9. The molecule has 0 aliphatic rings. The zero-order valence-corrected chi connectivity index (χ0v) is 46.6. The molecular formula is C36H46I6N6O16. The van der Waals surface area contributed by atoms with Crippen LogP contribution in [0.1, 0.15) is 55.3 Å². The van der Waals surface area contributed by atoms with Crippen molar-refractivity contribution in [2.45, 2.75) is 50.5 Å². The van der Waals surface area contributed by atoms with Crippen LogP contribution in [0.5, 0.6) is 0 Å². The van der Waals surface area contributed by atoms with Crippen LogP contribution in [-0.4, -0.2) is 189 Å². The quantitative estimate of drug-likeness (QED) is 0.0524. The van der Waals surface area contributed by atoms with Gasteiger partial charge in [0.15, 0.2) is 0 Å². The minimum absolute atomic E-state index is 0.0697. The van der Waals surface area contributed by atoms with E-state index in [1.807, 2.05) is 0 Å². The number of aliphatic hydroxyl groups excluding tert-OH is 10. The van der Waals surface area contributed by atoms with E-state index in [1.54, 1.807) is 136 Å². The zero-order valence-electron chi connectivity index (χ0n) is 33.6. The molecule has 2 aromatic rings. The van der Waals surface area contributed by atoms with Crippen LogP contribution >= 0.6 is 136 Å². The maximum Gasteiger partial charge on any atom is 0.253 e. The standard InChI is InChI=1S/C36H46I6N6O16/c1-13(53)47(31-27(39)21(33(61)43-3-15(55)9-49)25(37)22(28(31)40)34(62)44-4-16(56)10-50)7-19(59)20(60)8-48(14(2)54)32-29(41)23(35(63)45-5-17(57)11-51)26(38)24(30(32)42)36(64)46-6-18(58)12-52/h15-20,49-52,55-60H,3-12H2,1-2H3,(H,43,61)(H,44,62)(H,45,63)(H,46,64). The van der Waals surface area contributed by atoms with Gasteiger partial charge in [-0.15, -0.1) is 0 Å². The number of hydrogen-bond donors (Lipinski definition) is 14. The molecule has 6 atom stereocenters. The summed E-state index contributed by atoms with van der Waals surface area (Å²) < 4.78 is 0.451. The second kappa shape index (κ2) is 28.0. The first kappa shape index (κ1) is 59.4. The predicted octanol–water partition coefficient (Wildman–Crippen LogP) is -2.23. The number of rotatable bonds is 23. The SMILES string of the molecule is CC(=O)N(CC(O)C(O)CN(C(C)=O)c1c(I)c(C(=O)NCC(O)CO)c(I)c(C(=O)NCC(O)CO)c1I)c1c(I)c(C(=O)NCC(O)CO)c(I)c(C(=O)NCC(O)CO)c1I. The smallest absolute Gasteiger partial charge is 0.253 e. The van der Waals surface area contributed by atoms with Gasteiger partial charge in [-0.3, -0.25) is 28.8 Å². The number of hydrogen-bond acceptors (Lipinski definition) is 16. The Labute approximate surface area is 447 Å². The first-order valence-corrected chi connectivity index (χ1v) is 25.0. The van der Waals surface area contributed by atoms with Crippen molar-refractivity contribution < 1.29 is 79.8 Å². The van der Waals surface area contributed by atoms with Crippen molar-refractivity contribution in [2.75, 3.05) is 75.5 Å². The van der Waals surface area contributed by atoms with Crippen molar-refractivity contribution >= 4 is 182 Å². The van der Waals surface area contributed by atoms with Gasteiger partial charge >= 0.3 is 0 Å². The van der Waals surface area contributed by atoms with Crippen molar-refractivity contribution in [1.82, 2.24) is 21.3 Å². The number of benzene rings is 2. The van der Waals surface area contributed by atoms with Crippen LogP contribution in [-0.2, 0) is 9.59 Å². The van der Waals surface area contributed by atoms with Crippen LogP contribution in [0.3, 0.4) is 0 Å². The van der Waals surface area contributed by atoms with Crippen LogP contribution in [0.2, 0.25) is 0 Å². The molecule has 0 bridgehead atoms. The van der Waals surface area contributed by atoms with Crippen LogP contribution in [0, 0.1) is 21.4 Å². The highest BCUT2D eigenvalue weighted by Gasteiger charge is 2.36. The second-order valence-electron chi connectivity index (χ2n) is 13.7. The Morgan fingerprint density at radius 2 is 0.625 bits per heavy atom. The fourth-order valence-electron chi connectivity index (χ4n) is 5.40. The third-order valence-corrected chi connectivity index (χ3v) is 15.2. The average Bonchev–Trinajstić information content (AvgIpc) is 3.24. The van der Waals surface area contributed by atoms with Gasteiger partial charge in [0.1, 0.15) is 0 Å². The molecule has 14 N–H and O–H groups in total. The summed E-state index contributed by atoms with van der Waals surface area (Å²) in [5.74, 6) is -4.82. The number of amides is 6. The van der Waals surface area contributed by atoms with Crippen molar-refractivity contribution in [2.24, 2.45) is 0 Å². The molecule has 0 aromatic heterocycles. The van der Waals surface area contributed by atoms with Gasteiger partial charge in [0.05, 0.1) is 124 Å². The molecule has 6 unspecified atom stereocenters. The molecule has 0 saturated heterocycles. The van der Waals surface area contributed by atoms with Gasteiger partial charge in [0.2, 0.25) is 11.8 Å². The lowest BCUT2D eigenvalue weighted by atomic mass is 10.0. The fraction of sp³-hybridized carbons (Fsp3) is 0.500. The zero-order chi connectivity index (χ0) is 48.9. The Hall–Kier alpha value is -0.760. The van der Waals surface area contributed by atoms with Crippen LogP contribution in [0.15, 0.2) is 0 Å². The van der Waals surface area contributed by atoms with Gasteiger partial charge in [-0.1, -0.05) is 0 Å². The Balaban J connectivity index is 2.79. The van der Waals surface area contributed by atoms with Gasteiger partial charge in [-0.25, -0.2) is 0 Å². The normalized spacial score (nSPS) is 14.1. The van der Waals surface area contributed by atoms with Gasteiger partial charge in [0, 0.05) is 47.2 Å². The van der Waals surface area contributed by atoms with E-state index in [2.05, 4.69) is 21.3 Å². The second-order valence-corrected chi connectivity index (χ2v) is 20.1. The molecule has 2 aromatic carbocycles. The van der Waals surface area contributed by atoms with Crippen molar-refractivity contribution in [3.8, 4) is 0 Å². The molecule has 2 rings (SSSR count). The molecule has 0 saturated carbocycles. The van der Waals surface area contributed by atoms with Crippen molar-refractivity contribution in [3.05, 3.63) is 43.7 Å². The predicted molar refractivity (Wildman–Crippen MR) is 279 cm³/mol. The first-order valence-electron chi connectivity index (χ1n) is 18.5. The number of carbonyl (C=O) groups excluding carboxylic acids is 6. The van der Waals surface area contributed by atoms with E-state index < -0.39 is 138 Å². The van der Waals surface area contributed by atoms with E-state index in [0.29, 0.717) is 0 Å². The average molecular weight is 1580 g/mol. The van der Waals surface area contributed by atoms with E-state index in [9.17, 15) is 79.8 Å². The highest BCUT2D eigenvalue weighted by atomic mass is 127. The van der Waals surface area contributed by atoms with E-state index >= 15 is 0 Å². The number of aliphatic hydroxyl groups is 10. The van der Waals surface area contributed by atoms with Crippen LogP contribution in [0.4, 0.5) is 11.4 Å². The van der Waals surface area contributed by atoms with Crippen molar-refractivity contribution in [1.29, 1.82) is 0 Å². The Kier molecular flexibility index (Phi) is 26.0. The van der Waals surface area contributed by atoms with Crippen LogP contribution in [0.25, 0.3) is 0 Å². The Bertz CT molecular complexity index is 1810. The summed E-state index contributed by atoms with van der Waals surface area (Å²) in [7, 11) is 0. The molecule has 358 valence electrons. The van der Waals surface area contributed by atoms with Gasteiger partial charge in [0.25, 0.3) is 23.6 Å². The summed E-state index contributed by atoms with van der Waals surface area (Å²) in [6, 6.07) is 0. The summed E-state index contributed by atoms with van der Waals surface area (Å²) in [5, 5.41) is 110. The molecule has 0 spiro atoms. The molecule has 28 heteroatoms. The summed E-state index contributed by atoms with van der Waals surface area (Å²) in [5.41, 5.74) is -0.767. The molecule has 0 fully saturated rings. The molecule has 0 radical (unpaired) electrons. The van der Waals surface area contributed by atoms with E-state index in [4.69, 9.17) is 0 Å². The Morgan fingerprint density at radius 3 is 0.797 bits per heavy atom. The number of nitrogens with one attached hydrogen (secondary N) is 4. The third kappa shape index (κ3) is 15.6. The summed E-state index contributed by atoms with van der Waals surface area (Å²) in [6.07, 6.45) is -9.17. The lowest BCUT2D eigenvalue weighted by molar-refractivity contribution is -0.118. The Morgan fingerprint density at radius 1 is 0.422 bits per heavy atom. The number of anilines is 2. The topological polar surface area (TPSA) is 359 Å². The highest BCUT2D eigenvalue weighted by Crippen LogP contribution is 2.40. The summed E-state index contributed by atoms with van der Waals surface area (Å²) in [4.78, 5) is 83.4. The van der Waals surface area contributed by atoms with Crippen LogP contribution < -0.4 is 31.1 Å². The number of halogens is 6. The molecule has 0 aliphatic carbocycles. The molecule has 0 aliphatic heterocycles. The lowest BCUT2D eigenvalue weighted by Gasteiger charge is -2.33. The minimum atomic E-state index is -1.89. The monoisotopic (exact) mass is 1580 g/mol. The number of carbonyl (C=O) groups is 6. The molecule has 22 nitrogen and oxygen atoms in total. The highest BCUT2D eigenvalue weighted by molar-refractivity contribution is 14.1. The summed E-state index contributed by atoms with van der Waals surface area (Å²) in [6.45, 7) is -3.59. The van der Waals surface area contributed by atoms with Gasteiger partial charge < -0.3 is 82.1 Å². The van der Waals surface area contributed by atoms with Gasteiger partial charge in [-0.2, -0.15) is 0 Å². The largest absolute Gasteiger partial charge is 0.394 e. The summed E-state index contributed by atoms with van der Waals surface area (Å²) >= 11 is 10.5. The molecule has 64 heavy (non-hydrogen) atoms. The molecule has 6 amide bonds. The molecule has 0 heterocycles. The molecular weight excluding hydrogens is 1530 g/mol. The first-order chi connectivity index (χ1) is 29.9. The van der Waals surface area contributed by atoms with Crippen molar-refractivity contribution in [3.63, 3.8) is 0 Å². The van der Waals surface area contributed by atoms with E-state index in [-0.39, 0.29) is 55.0 Å². The lowest BCUT2D eigenvalue weighted by Crippen LogP contribution is -2.48. The maximum absolute atomic E-state index is 13.6.